The Hall–Kier alpha value is -1.29. The van der Waals surface area contributed by atoms with Crippen LogP contribution in [0.5, 0.6) is 0 Å². The summed E-state index contributed by atoms with van der Waals surface area (Å²) in [6.07, 6.45) is 6.17. The van der Waals surface area contributed by atoms with E-state index in [1.54, 1.807) is 12.1 Å². The summed E-state index contributed by atoms with van der Waals surface area (Å²) >= 11 is 5.96. The third-order valence-corrected chi connectivity index (χ3v) is 4.41. The molecule has 2 unspecified atom stereocenters. The maximum absolute atomic E-state index is 10.8. The van der Waals surface area contributed by atoms with Crippen molar-refractivity contribution >= 4 is 23.0 Å². The van der Waals surface area contributed by atoms with E-state index in [9.17, 15) is 10.1 Å². The van der Waals surface area contributed by atoms with Crippen LogP contribution in [0.25, 0.3) is 0 Å². The molecule has 0 saturated heterocycles. The van der Waals surface area contributed by atoms with Crippen molar-refractivity contribution in [2.45, 2.75) is 52.0 Å². The van der Waals surface area contributed by atoms with Crippen molar-refractivity contribution in [1.29, 1.82) is 0 Å². The first-order valence-corrected chi connectivity index (χ1v) is 8.04. The third kappa shape index (κ3) is 4.60. The highest BCUT2D eigenvalue weighted by Crippen LogP contribution is 2.32. The summed E-state index contributed by atoms with van der Waals surface area (Å²) in [4.78, 5) is 10.3. The number of benzene rings is 1. The molecule has 0 aromatic heterocycles. The molecule has 1 aromatic rings. The highest BCUT2D eigenvalue weighted by Gasteiger charge is 2.23. The van der Waals surface area contributed by atoms with E-state index >= 15 is 0 Å². The Bertz CT molecular complexity index is 505. The largest absolute Gasteiger partial charge is 0.382 e. The van der Waals surface area contributed by atoms with Crippen LogP contribution >= 0.6 is 11.6 Å². The number of hydrogen-bond acceptors (Lipinski definition) is 3. The molecule has 0 radical (unpaired) electrons. The van der Waals surface area contributed by atoms with Gasteiger partial charge in [0.25, 0.3) is 5.69 Å². The molecule has 1 N–H and O–H groups in total. The van der Waals surface area contributed by atoms with E-state index in [1.807, 2.05) is 0 Å². The van der Waals surface area contributed by atoms with Crippen LogP contribution in [0.4, 0.5) is 11.4 Å². The monoisotopic (exact) mass is 310 g/mol. The zero-order valence-corrected chi connectivity index (χ0v) is 13.4. The third-order valence-electron chi connectivity index (χ3n) is 4.10. The number of anilines is 1. The van der Waals surface area contributed by atoms with Crippen LogP contribution in [-0.4, -0.2) is 11.0 Å². The van der Waals surface area contributed by atoms with Crippen LogP contribution < -0.4 is 5.32 Å². The molecule has 116 valence electrons. The lowest BCUT2D eigenvalue weighted by molar-refractivity contribution is -0.384. The standard InChI is InChI=1S/C16H23ClN2O2/c1-11(2)8-12-4-3-5-13(9-12)18-14-6-7-16(19(20)21)15(17)10-14/h6-7,10-13,18H,3-5,8-9H2,1-2H3. The highest BCUT2D eigenvalue weighted by atomic mass is 35.5. The second kappa shape index (κ2) is 7.12. The molecule has 5 heteroatoms. The number of halogens is 1. The minimum absolute atomic E-state index is 0.0384. The molecular weight excluding hydrogens is 288 g/mol. The fourth-order valence-electron chi connectivity index (χ4n) is 3.28. The van der Waals surface area contributed by atoms with Gasteiger partial charge < -0.3 is 5.32 Å². The normalized spacial score (nSPS) is 22.3. The van der Waals surface area contributed by atoms with E-state index in [4.69, 9.17) is 11.6 Å². The SMILES string of the molecule is CC(C)CC1CCCC(Nc2ccc([N+](=O)[O-])c(Cl)c2)C1. The Balaban J connectivity index is 1.98. The second-order valence-electron chi connectivity index (χ2n) is 6.43. The summed E-state index contributed by atoms with van der Waals surface area (Å²) in [5, 5.41) is 14.4. The van der Waals surface area contributed by atoms with Gasteiger partial charge in [-0.25, -0.2) is 0 Å². The quantitative estimate of drug-likeness (QED) is 0.595. The Morgan fingerprint density at radius 1 is 1.43 bits per heavy atom. The number of nitro groups is 1. The zero-order valence-electron chi connectivity index (χ0n) is 12.6. The average molecular weight is 311 g/mol. The summed E-state index contributed by atoms with van der Waals surface area (Å²) in [5.74, 6) is 1.52. The van der Waals surface area contributed by atoms with Crippen LogP contribution in [0.1, 0.15) is 46.0 Å². The van der Waals surface area contributed by atoms with E-state index < -0.39 is 4.92 Å². The van der Waals surface area contributed by atoms with Gasteiger partial charge in [-0.1, -0.05) is 38.3 Å². The van der Waals surface area contributed by atoms with Crippen molar-refractivity contribution < 1.29 is 4.92 Å². The van der Waals surface area contributed by atoms with Crippen molar-refractivity contribution in [3.63, 3.8) is 0 Å². The number of nitrogens with zero attached hydrogens (tertiary/aromatic N) is 1. The van der Waals surface area contributed by atoms with Crippen molar-refractivity contribution in [2.24, 2.45) is 11.8 Å². The number of nitrogens with one attached hydrogen (secondary N) is 1. The first-order valence-electron chi connectivity index (χ1n) is 7.66. The molecule has 0 bridgehead atoms. The van der Waals surface area contributed by atoms with Gasteiger partial charge in [-0.3, -0.25) is 10.1 Å². The predicted molar refractivity (Wildman–Crippen MR) is 86.9 cm³/mol. The Labute approximate surface area is 131 Å². The highest BCUT2D eigenvalue weighted by molar-refractivity contribution is 6.32. The smallest absolute Gasteiger partial charge is 0.288 e. The average Bonchev–Trinajstić information content (AvgIpc) is 2.37. The molecule has 4 nitrogen and oxygen atoms in total. The van der Waals surface area contributed by atoms with Crippen molar-refractivity contribution in [3.05, 3.63) is 33.3 Å². The van der Waals surface area contributed by atoms with E-state index in [2.05, 4.69) is 19.2 Å². The predicted octanol–water partition coefficient (Wildman–Crippen LogP) is 5.27. The molecule has 2 rings (SSSR count). The van der Waals surface area contributed by atoms with Gasteiger partial charge in [0.2, 0.25) is 0 Å². The van der Waals surface area contributed by atoms with Gasteiger partial charge in [-0.2, -0.15) is 0 Å². The van der Waals surface area contributed by atoms with Crippen molar-refractivity contribution in [2.75, 3.05) is 5.32 Å². The summed E-state index contributed by atoms with van der Waals surface area (Å²) in [7, 11) is 0. The molecule has 0 amide bonds. The molecule has 0 spiro atoms. The van der Waals surface area contributed by atoms with E-state index in [0.29, 0.717) is 6.04 Å². The Morgan fingerprint density at radius 2 is 2.19 bits per heavy atom. The second-order valence-corrected chi connectivity index (χ2v) is 6.83. The van der Waals surface area contributed by atoms with Crippen LogP contribution in [0, 0.1) is 22.0 Å². The Morgan fingerprint density at radius 3 is 2.81 bits per heavy atom. The van der Waals surface area contributed by atoms with Gasteiger partial charge in [-0.15, -0.1) is 0 Å². The van der Waals surface area contributed by atoms with E-state index in [1.165, 1.54) is 31.7 Å². The van der Waals surface area contributed by atoms with Crippen LogP contribution in [-0.2, 0) is 0 Å². The first-order chi connectivity index (χ1) is 9.95. The number of hydrogen-bond donors (Lipinski definition) is 1. The summed E-state index contributed by atoms with van der Waals surface area (Å²) < 4.78 is 0. The van der Waals surface area contributed by atoms with Crippen LogP contribution in [0.2, 0.25) is 5.02 Å². The zero-order chi connectivity index (χ0) is 15.4. The molecule has 1 saturated carbocycles. The molecule has 1 aromatic carbocycles. The van der Waals surface area contributed by atoms with Gasteiger partial charge in [0.15, 0.2) is 0 Å². The molecule has 1 fully saturated rings. The molecular formula is C16H23ClN2O2. The molecule has 1 aliphatic rings. The fraction of sp³-hybridized carbons (Fsp3) is 0.625. The van der Waals surface area contributed by atoms with Gasteiger partial charge in [-0.05, 0) is 43.2 Å². The summed E-state index contributed by atoms with van der Waals surface area (Å²) in [6, 6.07) is 5.32. The molecule has 1 aliphatic carbocycles. The maximum atomic E-state index is 10.8. The van der Waals surface area contributed by atoms with Crippen molar-refractivity contribution in [3.8, 4) is 0 Å². The lowest BCUT2D eigenvalue weighted by Gasteiger charge is -2.31. The molecule has 21 heavy (non-hydrogen) atoms. The minimum atomic E-state index is -0.453. The maximum Gasteiger partial charge on any atom is 0.288 e. The minimum Gasteiger partial charge on any atom is -0.382 e. The molecule has 0 aliphatic heterocycles. The molecule has 0 heterocycles. The molecule has 2 atom stereocenters. The van der Waals surface area contributed by atoms with Crippen LogP contribution in [0.3, 0.4) is 0 Å². The van der Waals surface area contributed by atoms with Gasteiger partial charge in [0, 0.05) is 17.8 Å². The van der Waals surface area contributed by atoms with Crippen molar-refractivity contribution in [1.82, 2.24) is 0 Å². The topological polar surface area (TPSA) is 55.2 Å². The summed E-state index contributed by atoms with van der Waals surface area (Å²) in [6.45, 7) is 4.54. The lowest BCUT2D eigenvalue weighted by atomic mass is 9.81. The lowest BCUT2D eigenvalue weighted by Crippen LogP contribution is -2.27. The van der Waals surface area contributed by atoms with E-state index in [-0.39, 0.29) is 10.7 Å². The first kappa shape index (κ1) is 16.1. The Kier molecular flexibility index (Phi) is 5.45. The van der Waals surface area contributed by atoms with E-state index in [0.717, 1.165) is 23.9 Å². The van der Waals surface area contributed by atoms with Gasteiger partial charge in [0.1, 0.15) is 5.02 Å². The fourth-order valence-corrected chi connectivity index (χ4v) is 3.53. The number of rotatable bonds is 5. The summed E-state index contributed by atoms with van der Waals surface area (Å²) in [5.41, 5.74) is 0.837. The van der Waals surface area contributed by atoms with Gasteiger partial charge in [0.05, 0.1) is 4.92 Å². The number of nitro benzene ring substituents is 1. The van der Waals surface area contributed by atoms with Gasteiger partial charge >= 0.3 is 0 Å². The van der Waals surface area contributed by atoms with Crippen LogP contribution in [0.15, 0.2) is 18.2 Å².